The maximum atomic E-state index is 12.0. The van der Waals surface area contributed by atoms with E-state index in [1.807, 2.05) is 26.1 Å². The first-order valence-electron chi connectivity index (χ1n) is 5.70. The zero-order chi connectivity index (χ0) is 11.5. The van der Waals surface area contributed by atoms with Crippen LogP contribution in [0, 0.1) is 0 Å². The van der Waals surface area contributed by atoms with Crippen LogP contribution in [0.5, 0.6) is 0 Å². The third-order valence-electron chi connectivity index (χ3n) is 2.74. The van der Waals surface area contributed by atoms with E-state index in [2.05, 4.69) is 10.3 Å². The van der Waals surface area contributed by atoms with Crippen molar-refractivity contribution in [3.05, 3.63) is 23.9 Å². The Morgan fingerprint density at radius 1 is 1.56 bits per heavy atom. The quantitative estimate of drug-likeness (QED) is 0.839. The van der Waals surface area contributed by atoms with E-state index in [0.717, 1.165) is 25.2 Å². The number of hydrogen-bond acceptors (Lipinski definition) is 3. The number of carbonyl (C=O) groups excluding carboxylic acids is 1. The van der Waals surface area contributed by atoms with E-state index in [9.17, 15) is 4.79 Å². The van der Waals surface area contributed by atoms with Crippen LogP contribution < -0.4 is 5.32 Å². The SMILES string of the molecule is CCNc1cccc(C(=O)N(C)C2CC2)n1. The highest BCUT2D eigenvalue weighted by molar-refractivity contribution is 5.92. The van der Waals surface area contributed by atoms with Crippen molar-refractivity contribution in [2.24, 2.45) is 0 Å². The van der Waals surface area contributed by atoms with Gasteiger partial charge in [-0.05, 0) is 31.9 Å². The normalized spacial score (nSPS) is 14.6. The third-order valence-corrected chi connectivity index (χ3v) is 2.74. The molecule has 1 saturated carbocycles. The highest BCUT2D eigenvalue weighted by Gasteiger charge is 2.30. The molecule has 0 bridgehead atoms. The summed E-state index contributed by atoms with van der Waals surface area (Å²) in [6, 6.07) is 5.93. The fourth-order valence-corrected chi connectivity index (χ4v) is 1.64. The summed E-state index contributed by atoms with van der Waals surface area (Å²) in [6.07, 6.45) is 2.24. The second kappa shape index (κ2) is 4.51. The minimum atomic E-state index is 0.0160. The lowest BCUT2D eigenvalue weighted by molar-refractivity contribution is 0.0779. The summed E-state index contributed by atoms with van der Waals surface area (Å²) in [5.74, 6) is 0.778. The van der Waals surface area contributed by atoms with E-state index >= 15 is 0 Å². The average molecular weight is 219 g/mol. The topological polar surface area (TPSA) is 45.2 Å². The van der Waals surface area contributed by atoms with Crippen LogP contribution in [-0.2, 0) is 0 Å². The number of pyridine rings is 1. The second-order valence-electron chi connectivity index (χ2n) is 4.09. The molecular weight excluding hydrogens is 202 g/mol. The molecule has 0 aliphatic heterocycles. The van der Waals surface area contributed by atoms with Gasteiger partial charge in [0.05, 0.1) is 0 Å². The molecule has 1 aromatic heterocycles. The van der Waals surface area contributed by atoms with E-state index in [4.69, 9.17) is 0 Å². The van der Waals surface area contributed by atoms with Crippen molar-refractivity contribution in [3.8, 4) is 0 Å². The molecule has 1 aromatic rings. The summed E-state index contributed by atoms with van der Waals surface area (Å²) in [4.78, 5) is 18.1. The van der Waals surface area contributed by atoms with Crippen LogP contribution in [0.1, 0.15) is 30.3 Å². The number of rotatable bonds is 4. The summed E-state index contributed by atoms with van der Waals surface area (Å²) in [5.41, 5.74) is 0.521. The Kier molecular flexibility index (Phi) is 3.08. The number of nitrogens with one attached hydrogen (secondary N) is 1. The summed E-state index contributed by atoms with van der Waals surface area (Å²) in [6.45, 7) is 2.82. The Morgan fingerprint density at radius 2 is 2.31 bits per heavy atom. The molecule has 1 aliphatic rings. The second-order valence-corrected chi connectivity index (χ2v) is 4.09. The molecule has 4 heteroatoms. The van der Waals surface area contributed by atoms with Crippen molar-refractivity contribution in [1.82, 2.24) is 9.88 Å². The van der Waals surface area contributed by atoms with Gasteiger partial charge in [0.15, 0.2) is 0 Å². The summed E-state index contributed by atoms with van der Waals surface area (Å²) in [5, 5.41) is 3.10. The van der Waals surface area contributed by atoms with Crippen molar-refractivity contribution in [2.45, 2.75) is 25.8 Å². The molecule has 1 heterocycles. The predicted molar refractivity (Wildman–Crippen MR) is 63.5 cm³/mol. The summed E-state index contributed by atoms with van der Waals surface area (Å²) >= 11 is 0. The van der Waals surface area contributed by atoms with Crippen LogP contribution in [0.25, 0.3) is 0 Å². The number of nitrogens with zero attached hydrogens (tertiary/aromatic N) is 2. The Morgan fingerprint density at radius 3 is 2.94 bits per heavy atom. The highest BCUT2D eigenvalue weighted by atomic mass is 16.2. The van der Waals surface area contributed by atoms with Gasteiger partial charge in [0.25, 0.3) is 5.91 Å². The third kappa shape index (κ3) is 2.32. The van der Waals surface area contributed by atoms with E-state index in [1.54, 1.807) is 11.0 Å². The van der Waals surface area contributed by atoms with E-state index < -0.39 is 0 Å². The van der Waals surface area contributed by atoms with Gasteiger partial charge in [-0.1, -0.05) is 6.07 Å². The van der Waals surface area contributed by atoms with E-state index in [-0.39, 0.29) is 5.91 Å². The molecule has 0 saturated heterocycles. The van der Waals surface area contributed by atoms with Gasteiger partial charge in [0, 0.05) is 19.6 Å². The predicted octanol–water partition coefficient (Wildman–Crippen LogP) is 1.75. The number of amides is 1. The van der Waals surface area contributed by atoms with Crippen molar-refractivity contribution in [2.75, 3.05) is 18.9 Å². The van der Waals surface area contributed by atoms with Crippen LogP contribution in [0.15, 0.2) is 18.2 Å². The molecule has 0 unspecified atom stereocenters. The van der Waals surface area contributed by atoms with Crippen molar-refractivity contribution < 1.29 is 4.79 Å². The van der Waals surface area contributed by atoms with Gasteiger partial charge in [-0.2, -0.15) is 0 Å². The maximum absolute atomic E-state index is 12.0. The number of hydrogen-bond donors (Lipinski definition) is 1. The summed E-state index contributed by atoms with van der Waals surface area (Å²) < 4.78 is 0. The van der Waals surface area contributed by atoms with Gasteiger partial charge in [-0.15, -0.1) is 0 Å². The first-order chi connectivity index (χ1) is 7.72. The van der Waals surface area contributed by atoms with Crippen molar-refractivity contribution >= 4 is 11.7 Å². The summed E-state index contributed by atoms with van der Waals surface area (Å²) in [7, 11) is 1.85. The molecule has 0 atom stereocenters. The lowest BCUT2D eigenvalue weighted by Crippen LogP contribution is -2.29. The van der Waals surface area contributed by atoms with Crippen LogP contribution in [0.2, 0.25) is 0 Å². The fraction of sp³-hybridized carbons (Fsp3) is 0.500. The minimum absolute atomic E-state index is 0.0160. The molecule has 2 rings (SSSR count). The molecule has 0 aromatic carbocycles. The average Bonchev–Trinajstić information content (AvgIpc) is 3.12. The van der Waals surface area contributed by atoms with E-state index in [1.165, 1.54) is 0 Å². The zero-order valence-electron chi connectivity index (χ0n) is 9.73. The number of aromatic nitrogens is 1. The molecular formula is C12H17N3O. The van der Waals surface area contributed by atoms with Crippen LogP contribution in [0.3, 0.4) is 0 Å². The molecule has 1 aliphatic carbocycles. The molecule has 0 spiro atoms. The molecule has 4 nitrogen and oxygen atoms in total. The smallest absolute Gasteiger partial charge is 0.272 e. The largest absolute Gasteiger partial charge is 0.370 e. The highest BCUT2D eigenvalue weighted by Crippen LogP contribution is 2.26. The van der Waals surface area contributed by atoms with Gasteiger partial charge in [0.2, 0.25) is 0 Å². The van der Waals surface area contributed by atoms with Crippen LogP contribution >= 0.6 is 0 Å². The van der Waals surface area contributed by atoms with Crippen molar-refractivity contribution in [1.29, 1.82) is 0 Å². The molecule has 0 radical (unpaired) electrons. The Bertz CT molecular complexity index is 388. The van der Waals surface area contributed by atoms with Crippen LogP contribution in [0.4, 0.5) is 5.82 Å². The first kappa shape index (κ1) is 10.9. The minimum Gasteiger partial charge on any atom is -0.370 e. The van der Waals surface area contributed by atoms with Gasteiger partial charge < -0.3 is 10.2 Å². The van der Waals surface area contributed by atoms with Crippen molar-refractivity contribution in [3.63, 3.8) is 0 Å². The molecule has 1 N–H and O–H groups in total. The monoisotopic (exact) mass is 219 g/mol. The lowest BCUT2D eigenvalue weighted by atomic mass is 10.3. The van der Waals surface area contributed by atoms with Gasteiger partial charge in [-0.25, -0.2) is 4.98 Å². The first-order valence-corrected chi connectivity index (χ1v) is 5.70. The van der Waals surface area contributed by atoms with Gasteiger partial charge in [0.1, 0.15) is 11.5 Å². The number of anilines is 1. The van der Waals surface area contributed by atoms with Gasteiger partial charge in [-0.3, -0.25) is 4.79 Å². The van der Waals surface area contributed by atoms with Gasteiger partial charge >= 0.3 is 0 Å². The molecule has 1 fully saturated rings. The Labute approximate surface area is 95.7 Å². The maximum Gasteiger partial charge on any atom is 0.272 e. The Balaban J connectivity index is 2.12. The van der Waals surface area contributed by atoms with Crippen LogP contribution in [-0.4, -0.2) is 35.4 Å². The molecule has 16 heavy (non-hydrogen) atoms. The Hall–Kier alpha value is -1.58. The zero-order valence-corrected chi connectivity index (χ0v) is 9.73. The fourth-order valence-electron chi connectivity index (χ4n) is 1.64. The molecule has 1 amide bonds. The number of carbonyl (C=O) groups is 1. The standard InChI is InChI=1S/C12H17N3O/c1-3-13-11-6-4-5-10(14-11)12(16)15(2)9-7-8-9/h4-6,9H,3,7-8H2,1-2H3,(H,13,14). The lowest BCUT2D eigenvalue weighted by Gasteiger charge is -2.15. The van der Waals surface area contributed by atoms with E-state index in [0.29, 0.717) is 11.7 Å². The molecule has 86 valence electrons.